The SMILES string of the molecule is Nc1ccc(Cl)c(N2CC3(CCCCC3)C2)c1. The number of anilines is 2. The van der Waals surface area contributed by atoms with Crippen LogP contribution in [0, 0.1) is 5.41 Å². The van der Waals surface area contributed by atoms with Gasteiger partial charge in [-0.25, -0.2) is 0 Å². The lowest BCUT2D eigenvalue weighted by Gasteiger charge is -2.53. The Morgan fingerprint density at radius 2 is 1.82 bits per heavy atom. The van der Waals surface area contributed by atoms with Gasteiger partial charge >= 0.3 is 0 Å². The molecule has 2 nitrogen and oxygen atoms in total. The van der Waals surface area contributed by atoms with Crippen LogP contribution in [0.15, 0.2) is 18.2 Å². The van der Waals surface area contributed by atoms with E-state index in [1.807, 2.05) is 18.2 Å². The summed E-state index contributed by atoms with van der Waals surface area (Å²) in [7, 11) is 0. The molecule has 17 heavy (non-hydrogen) atoms. The molecule has 1 aromatic carbocycles. The molecule has 0 bridgehead atoms. The second-order valence-corrected chi connectivity index (χ2v) is 6.03. The van der Waals surface area contributed by atoms with Crippen molar-refractivity contribution in [2.24, 2.45) is 5.41 Å². The molecule has 1 aliphatic heterocycles. The van der Waals surface area contributed by atoms with Crippen molar-refractivity contribution in [1.82, 2.24) is 0 Å². The lowest BCUT2D eigenvalue weighted by Crippen LogP contribution is -2.57. The van der Waals surface area contributed by atoms with E-state index in [0.29, 0.717) is 5.41 Å². The van der Waals surface area contributed by atoms with E-state index in [4.69, 9.17) is 17.3 Å². The van der Waals surface area contributed by atoms with Crippen LogP contribution in [0.5, 0.6) is 0 Å². The van der Waals surface area contributed by atoms with Crippen molar-refractivity contribution in [3.8, 4) is 0 Å². The maximum Gasteiger partial charge on any atom is 0.0641 e. The summed E-state index contributed by atoms with van der Waals surface area (Å²) in [6.07, 6.45) is 7.00. The highest BCUT2D eigenvalue weighted by Gasteiger charge is 2.43. The largest absolute Gasteiger partial charge is 0.399 e. The molecule has 0 aromatic heterocycles. The summed E-state index contributed by atoms with van der Waals surface area (Å²) in [6, 6.07) is 5.76. The predicted octanol–water partition coefficient (Wildman–Crippen LogP) is 3.69. The van der Waals surface area contributed by atoms with Gasteiger partial charge in [0.2, 0.25) is 0 Å². The van der Waals surface area contributed by atoms with Crippen LogP contribution in [0.2, 0.25) is 5.02 Å². The van der Waals surface area contributed by atoms with Crippen molar-refractivity contribution >= 4 is 23.0 Å². The zero-order valence-corrected chi connectivity index (χ0v) is 10.8. The second-order valence-electron chi connectivity index (χ2n) is 5.63. The lowest BCUT2D eigenvalue weighted by molar-refractivity contribution is 0.139. The molecule has 0 unspecified atom stereocenters. The van der Waals surface area contributed by atoms with Crippen molar-refractivity contribution in [3.63, 3.8) is 0 Å². The maximum atomic E-state index is 6.23. The summed E-state index contributed by atoms with van der Waals surface area (Å²) < 4.78 is 0. The van der Waals surface area contributed by atoms with Gasteiger partial charge in [0.25, 0.3) is 0 Å². The minimum Gasteiger partial charge on any atom is -0.399 e. The highest BCUT2D eigenvalue weighted by atomic mass is 35.5. The Bertz CT molecular complexity index is 416. The van der Waals surface area contributed by atoms with Crippen molar-refractivity contribution in [3.05, 3.63) is 23.2 Å². The summed E-state index contributed by atoms with van der Waals surface area (Å²) in [5, 5.41) is 0.824. The average molecular weight is 251 g/mol. The fourth-order valence-corrected chi connectivity index (χ4v) is 3.56. The van der Waals surface area contributed by atoms with Crippen LogP contribution in [-0.2, 0) is 0 Å². The van der Waals surface area contributed by atoms with Gasteiger partial charge in [0.1, 0.15) is 0 Å². The Hall–Kier alpha value is -0.890. The van der Waals surface area contributed by atoms with Crippen molar-refractivity contribution in [1.29, 1.82) is 0 Å². The van der Waals surface area contributed by atoms with Crippen LogP contribution in [0.1, 0.15) is 32.1 Å². The van der Waals surface area contributed by atoms with E-state index in [1.54, 1.807) is 0 Å². The fourth-order valence-electron chi connectivity index (χ4n) is 3.32. The number of hydrogen-bond donors (Lipinski definition) is 1. The Morgan fingerprint density at radius 1 is 1.12 bits per heavy atom. The Morgan fingerprint density at radius 3 is 2.53 bits per heavy atom. The van der Waals surface area contributed by atoms with Gasteiger partial charge in [-0.3, -0.25) is 0 Å². The molecule has 1 saturated carbocycles. The van der Waals surface area contributed by atoms with E-state index in [-0.39, 0.29) is 0 Å². The van der Waals surface area contributed by atoms with Gasteiger partial charge in [-0.15, -0.1) is 0 Å². The number of rotatable bonds is 1. The first-order chi connectivity index (χ1) is 8.19. The summed E-state index contributed by atoms with van der Waals surface area (Å²) in [6.45, 7) is 2.33. The molecule has 3 heteroatoms. The van der Waals surface area contributed by atoms with Crippen LogP contribution >= 0.6 is 11.6 Å². The summed E-state index contributed by atoms with van der Waals surface area (Å²) in [4.78, 5) is 2.38. The summed E-state index contributed by atoms with van der Waals surface area (Å²) >= 11 is 6.23. The molecule has 2 fully saturated rings. The Labute approximate surface area is 108 Å². The topological polar surface area (TPSA) is 29.3 Å². The Balaban J connectivity index is 1.74. The molecule has 0 amide bonds. The monoisotopic (exact) mass is 250 g/mol. The smallest absolute Gasteiger partial charge is 0.0641 e. The molecule has 1 spiro atoms. The maximum absolute atomic E-state index is 6.23. The minimum absolute atomic E-state index is 0.589. The number of halogens is 1. The van der Waals surface area contributed by atoms with E-state index < -0.39 is 0 Å². The van der Waals surface area contributed by atoms with Gasteiger partial charge in [-0.05, 0) is 31.0 Å². The second kappa shape index (κ2) is 4.09. The lowest BCUT2D eigenvalue weighted by atomic mass is 9.68. The molecule has 3 rings (SSSR count). The molecule has 1 aromatic rings. The van der Waals surface area contributed by atoms with Gasteiger partial charge in [-0.1, -0.05) is 30.9 Å². The average Bonchev–Trinajstić information content (AvgIpc) is 2.30. The molecular weight excluding hydrogens is 232 g/mol. The summed E-state index contributed by atoms with van der Waals surface area (Å²) in [5.41, 5.74) is 8.33. The molecule has 1 saturated heterocycles. The Kier molecular flexibility index (Phi) is 2.70. The van der Waals surface area contributed by atoms with Gasteiger partial charge < -0.3 is 10.6 Å². The molecule has 0 atom stereocenters. The van der Waals surface area contributed by atoms with Crippen molar-refractivity contribution < 1.29 is 0 Å². The number of hydrogen-bond acceptors (Lipinski definition) is 2. The molecule has 1 aliphatic carbocycles. The van der Waals surface area contributed by atoms with Crippen LogP contribution in [0.25, 0.3) is 0 Å². The molecule has 0 radical (unpaired) electrons. The van der Waals surface area contributed by atoms with Crippen molar-refractivity contribution in [2.75, 3.05) is 23.7 Å². The highest BCUT2D eigenvalue weighted by Crippen LogP contribution is 2.46. The standard InChI is InChI=1S/C14H19ClN2/c15-12-5-4-11(16)8-13(12)17-9-14(10-17)6-2-1-3-7-14/h4-5,8H,1-3,6-7,9-10,16H2. The molecule has 2 aliphatic rings. The van der Waals surface area contributed by atoms with E-state index in [1.165, 1.54) is 32.1 Å². The minimum atomic E-state index is 0.589. The highest BCUT2D eigenvalue weighted by molar-refractivity contribution is 6.33. The van der Waals surface area contributed by atoms with Gasteiger partial charge in [0, 0.05) is 24.2 Å². The number of nitrogens with zero attached hydrogens (tertiary/aromatic N) is 1. The van der Waals surface area contributed by atoms with Crippen molar-refractivity contribution in [2.45, 2.75) is 32.1 Å². The third-order valence-corrected chi connectivity index (χ3v) is 4.60. The molecule has 2 N–H and O–H groups in total. The predicted molar refractivity (Wildman–Crippen MR) is 73.6 cm³/mol. The quantitative estimate of drug-likeness (QED) is 0.771. The first kappa shape index (κ1) is 11.2. The van der Waals surface area contributed by atoms with E-state index in [2.05, 4.69) is 4.90 Å². The molecule has 92 valence electrons. The zero-order valence-electron chi connectivity index (χ0n) is 10.1. The van der Waals surface area contributed by atoms with E-state index in [0.717, 1.165) is 29.5 Å². The van der Waals surface area contributed by atoms with Gasteiger partial charge in [-0.2, -0.15) is 0 Å². The van der Waals surface area contributed by atoms with Crippen LogP contribution in [0.3, 0.4) is 0 Å². The van der Waals surface area contributed by atoms with Crippen LogP contribution < -0.4 is 10.6 Å². The number of benzene rings is 1. The first-order valence-electron chi connectivity index (χ1n) is 6.49. The van der Waals surface area contributed by atoms with E-state index >= 15 is 0 Å². The molecular formula is C14H19ClN2. The normalized spacial score (nSPS) is 22.5. The number of nitrogens with two attached hydrogens (primary N) is 1. The zero-order chi connectivity index (χ0) is 11.9. The van der Waals surface area contributed by atoms with Crippen LogP contribution in [0.4, 0.5) is 11.4 Å². The van der Waals surface area contributed by atoms with Crippen LogP contribution in [-0.4, -0.2) is 13.1 Å². The third kappa shape index (κ3) is 1.99. The third-order valence-electron chi connectivity index (χ3n) is 4.28. The fraction of sp³-hybridized carbons (Fsp3) is 0.571. The summed E-state index contributed by atoms with van der Waals surface area (Å²) in [5.74, 6) is 0. The molecule has 1 heterocycles. The van der Waals surface area contributed by atoms with Gasteiger partial charge in [0.15, 0.2) is 0 Å². The van der Waals surface area contributed by atoms with Gasteiger partial charge in [0.05, 0.1) is 10.7 Å². The number of nitrogen functional groups attached to an aromatic ring is 1. The first-order valence-corrected chi connectivity index (χ1v) is 6.86. The van der Waals surface area contributed by atoms with E-state index in [9.17, 15) is 0 Å².